The maximum absolute atomic E-state index is 5.70. The second-order valence-corrected chi connectivity index (χ2v) is 4.96. The zero-order valence-corrected chi connectivity index (χ0v) is 11.7. The number of ether oxygens (including phenoxy) is 2. The van der Waals surface area contributed by atoms with Gasteiger partial charge >= 0.3 is 0 Å². The van der Waals surface area contributed by atoms with Crippen LogP contribution in [-0.2, 0) is 0 Å². The van der Waals surface area contributed by atoms with Crippen molar-refractivity contribution in [3.8, 4) is 11.5 Å². The van der Waals surface area contributed by atoms with E-state index in [9.17, 15) is 0 Å². The Hall–Kier alpha value is -1.00. The summed E-state index contributed by atoms with van der Waals surface area (Å²) in [7, 11) is 0.736. The van der Waals surface area contributed by atoms with Gasteiger partial charge in [-0.25, -0.2) is 0 Å². The number of rotatable bonds is 8. The van der Waals surface area contributed by atoms with Crippen molar-refractivity contribution in [3.63, 3.8) is 0 Å². The quantitative estimate of drug-likeness (QED) is 0.563. The predicted octanol–water partition coefficient (Wildman–Crippen LogP) is 1.58. The molecule has 0 fully saturated rings. The Morgan fingerprint density at radius 2 is 1.94 bits per heavy atom. The molecule has 3 nitrogen and oxygen atoms in total. The van der Waals surface area contributed by atoms with Crippen molar-refractivity contribution >= 4 is 14.7 Å². The smallest absolute Gasteiger partial charge is 0.160 e. The highest BCUT2D eigenvalue weighted by Crippen LogP contribution is 2.24. The fourth-order valence-electron chi connectivity index (χ4n) is 1.54. The van der Waals surface area contributed by atoms with Gasteiger partial charge in [0.1, 0.15) is 0 Å². The van der Waals surface area contributed by atoms with Gasteiger partial charge in [-0.15, -0.1) is 0 Å². The maximum atomic E-state index is 5.70. The van der Waals surface area contributed by atoms with E-state index in [1.165, 1.54) is 5.19 Å². The minimum atomic E-state index is 0.662. The van der Waals surface area contributed by atoms with Crippen LogP contribution in [0.1, 0.15) is 20.3 Å². The molecule has 0 saturated heterocycles. The number of hydrogen-bond donors (Lipinski definition) is 1. The standard InChI is InChI=1S/C13H21NO2Si/c1-3-15-11-7-5-8-12(13(11)16-4-2)17-10-6-9-14/h5,7-8H,3-4,6,9-10,14H2,1-2H3. The Morgan fingerprint density at radius 3 is 2.59 bits per heavy atom. The second-order valence-electron chi connectivity index (χ2n) is 3.57. The summed E-state index contributed by atoms with van der Waals surface area (Å²) in [6.07, 6.45) is 1.06. The van der Waals surface area contributed by atoms with Crippen LogP contribution in [0, 0.1) is 0 Å². The average Bonchev–Trinajstić information content (AvgIpc) is 2.33. The van der Waals surface area contributed by atoms with Gasteiger partial charge in [0.25, 0.3) is 0 Å². The molecule has 0 aliphatic rings. The molecule has 0 bridgehead atoms. The Labute approximate surface area is 106 Å². The summed E-state index contributed by atoms with van der Waals surface area (Å²) in [6.45, 7) is 6.06. The van der Waals surface area contributed by atoms with Gasteiger partial charge in [-0.3, -0.25) is 0 Å². The zero-order valence-electron chi connectivity index (χ0n) is 10.7. The minimum Gasteiger partial charge on any atom is -0.490 e. The van der Waals surface area contributed by atoms with Crippen LogP contribution in [0.25, 0.3) is 0 Å². The molecule has 0 atom stereocenters. The lowest BCUT2D eigenvalue weighted by molar-refractivity contribution is 0.289. The Morgan fingerprint density at radius 1 is 1.18 bits per heavy atom. The summed E-state index contributed by atoms with van der Waals surface area (Å²) in [5, 5.41) is 1.24. The van der Waals surface area contributed by atoms with Crippen molar-refractivity contribution in [3.05, 3.63) is 18.2 Å². The van der Waals surface area contributed by atoms with Crippen molar-refractivity contribution in [2.75, 3.05) is 19.8 Å². The van der Waals surface area contributed by atoms with Gasteiger partial charge in [-0.1, -0.05) is 18.2 Å². The first-order chi connectivity index (χ1) is 8.33. The number of para-hydroxylation sites is 1. The summed E-state index contributed by atoms with van der Waals surface area (Å²) in [5.41, 5.74) is 5.52. The molecule has 0 aliphatic heterocycles. The highest BCUT2D eigenvalue weighted by molar-refractivity contribution is 6.54. The molecule has 0 unspecified atom stereocenters. The van der Waals surface area contributed by atoms with Crippen LogP contribution < -0.4 is 20.4 Å². The third-order valence-electron chi connectivity index (χ3n) is 2.26. The molecule has 1 aromatic rings. The maximum Gasteiger partial charge on any atom is 0.160 e. The van der Waals surface area contributed by atoms with E-state index in [1.807, 2.05) is 26.0 Å². The van der Waals surface area contributed by atoms with Gasteiger partial charge in [-0.2, -0.15) is 0 Å². The van der Waals surface area contributed by atoms with Crippen molar-refractivity contribution in [1.29, 1.82) is 0 Å². The first-order valence-electron chi connectivity index (χ1n) is 6.16. The lowest BCUT2D eigenvalue weighted by atomic mass is 10.3. The summed E-state index contributed by atoms with van der Waals surface area (Å²) in [5.74, 6) is 1.76. The molecule has 17 heavy (non-hydrogen) atoms. The summed E-state index contributed by atoms with van der Waals surface area (Å²) < 4.78 is 11.3. The van der Waals surface area contributed by atoms with E-state index in [0.717, 1.165) is 40.0 Å². The Bertz CT molecular complexity index is 331. The Kier molecular flexibility index (Phi) is 6.73. The molecule has 0 spiro atoms. The topological polar surface area (TPSA) is 44.5 Å². The van der Waals surface area contributed by atoms with Gasteiger partial charge < -0.3 is 15.2 Å². The van der Waals surface area contributed by atoms with Crippen LogP contribution in [0.5, 0.6) is 11.5 Å². The Balaban J connectivity index is 2.81. The highest BCUT2D eigenvalue weighted by Gasteiger charge is 2.10. The molecule has 2 radical (unpaired) electrons. The first-order valence-corrected chi connectivity index (χ1v) is 7.36. The van der Waals surface area contributed by atoms with Crippen molar-refractivity contribution in [2.45, 2.75) is 26.3 Å². The van der Waals surface area contributed by atoms with E-state index in [-0.39, 0.29) is 0 Å². The van der Waals surface area contributed by atoms with E-state index < -0.39 is 0 Å². The monoisotopic (exact) mass is 251 g/mol. The van der Waals surface area contributed by atoms with Crippen molar-refractivity contribution in [2.24, 2.45) is 5.73 Å². The van der Waals surface area contributed by atoms with Gasteiger partial charge in [0, 0.05) is 0 Å². The van der Waals surface area contributed by atoms with Gasteiger partial charge in [0.2, 0.25) is 0 Å². The third-order valence-corrected chi connectivity index (χ3v) is 3.64. The van der Waals surface area contributed by atoms with Crippen molar-refractivity contribution < 1.29 is 9.47 Å². The van der Waals surface area contributed by atoms with Crippen molar-refractivity contribution in [1.82, 2.24) is 0 Å². The molecule has 1 rings (SSSR count). The van der Waals surface area contributed by atoms with Gasteiger partial charge in [0.05, 0.1) is 22.7 Å². The largest absolute Gasteiger partial charge is 0.490 e. The molecular weight excluding hydrogens is 230 g/mol. The van der Waals surface area contributed by atoms with Crippen LogP contribution in [-0.4, -0.2) is 29.3 Å². The molecule has 94 valence electrons. The third kappa shape index (κ3) is 4.40. The summed E-state index contributed by atoms with van der Waals surface area (Å²) in [4.78, 5) is 0. The first kappa shape index (κ1) is 14.1. The van der Waals surface area contributed by atoms with Crippen LogP contribution in [0.3, 0.4) is 0 Å². The fraction of sp³-hybridized carbons (Fsp3) is 0.538. The fourth-order valence-corrected chi connectivity index (χ4v) is 2.76. The molecule has 0 aromatic heterocycles. The van der Waals surface area contributed by atoms with Gasteiger partial charge in [0.15, 0.2) is 11.5 Å². The minimum absolute atomic E-state index is 0.662. The molecule has 0 aliphatic carbocycles. The molecule has 0 amide bonds. The summed E-state index contributed by atoms with van der Waals surface area (Å²) in [6, 6.07) is 7.22. The van der Waals surface area contributed by atoms with E-state index in [4.69, 9.17) is 15.2 Å². The lowest BCUT2D eigenvalue weighted by Gasteiger charge is -2.14. The van der Waals surface area contributed by atoms with E-state index in [2.05, 4.69) is 6.07 Å². The normalized spacial score (nSPS) is 10.3. The molecule has 4 heteroatoms. The van der Waals surface area contributed by atoms with Crippen LogP contribution in [0.2, 0.25) is 6.04 Å². The van der Waals surface area contributed by atoms with Crippen LogP contribution >= 0.6 is 0 Å². The number of benzene rings is 1. The second kappa shape index (κ2) is 8.14. The average molecular weight is 251 g/mol. The van der Waals surface area contributed by atoms with E-state index in [1.54, 1.807) is 0 Å². The summed E-state index contributed by atoms with van der Waals surface area (Å²) >= 11 is 0. The van der Waals surface area contributed by atoms with Crippen LogP contribution in [0.4, 0.5) is 0 Å². The van der Waals surface area contributed by atoms with E-state index >= 15 is 0 Å². The number of nitrogens with two attached hydrogens (primary N) is 1. The molecule has 0 saturated carbocycles. The predicted molar refractivity (Wildman–Crippen MR) is 72.6 cm³/mol. The van der Waals surface area contributed by atoms with Gasteiger partial charge in [-0.05, 0) is 38.1 Å². The number of hydrogen-bond acceptors (Lipinski definition) is 3. The SMILES string of the molecule is CCOc1cccc([Si]CCCN)c1OCC. The highest BCUT2D eigenvalue weighted by atomic mass is 28.2. The molecular formula is C13H21NO2Si. The molecule has 2 N–H and O–H groups in total. The van der Waals surface area contributed by atoms with E-state index in [0.29, 0.717) is 13.2 Å². The lowest BCUT2D eigenvalue weighted by Crippen LogP contribution is -2.19. The zero-order chi connectivity index (χ0) is 12.5. The molecule has 0 heterocycles. The molecule has 1 aromatic carbocycles. The van der Waals surface area contributed by atoms with Crippen LogP contribution in [0.15, 0.2) is 18.2 Å².